The smallest absolute Gasteiger partial charge is 0.138 e. The fourth-order valence-electron chi connectivity index (χ4n) is 1.71. The average Bonchev–Trinajstić information content (AvgIpc) is 2.38. The zero-order valence-electron chi connectivity index (χ0n) is 10.6. The van der Waals surface area contributed by atoms with Crippen LogP contribution >= 0.6 is 11.6 Å². The van der Waals surface area contributed by atoms with Crippen molar-refractivity contribution in [2.75, 3.05) is 12.3 Å². The number of aliphatic hydroxyl groups excluding tert-OH is 1. The van der Waals surface area contributed by atoms with Crippen LogP contribution in [0.5, 0.6) is 5.75 Å². The van der Waals surface area contributed by atoms with Crippen LogP contribution in [-0.4, -0.2) is 11.7 Å². The average molecular weight is 278 g/mol. The van der Waals surface area contributed by atoms with Gasteiger partial charge in [0.05, 0.1) is 5.02 Å². The standard InChI is InChI=1S/C15H16ClNO2/c1-10-2-7-15(13(16)8-10)19-9-14(18)11-3-5-12(17)6-4-11/h2-8,14,18H,9,17H2,1H3. The molecule has 0 radical (unpaired) electrons. The van der Waals surface area contributed by atoms with Gasteiger partial charge in [0.2, 0.25) is 0 Å². The fraction of sp³-hybridized carbons (Fsp3) is 0.200. The summed E-state index contributed by atoms with van der Waals surface area (Å²) in [5, 5.41) is 10.6. The number of benzene rings is 2. The normalized spacial score (nSPS) is 12.2. The maximum Gasteiger partial charge on any atom is 0.138 e. The van der Waals surface area contributed by atoms with E-state index in [0.717, 1.165) is 11.1 Å². The highest BCUT2D eigenvalue weighted by Crippen LogP contribution is 2.26. The minimum atomic E-state index is -0.710. The lowest BCUT2D eigenvalue weighted by Gasteiger charge is -2.14. The third-order valence-electron chi connectivity index (χ3n) is 2.81. The highest BCUT2D eigenvalue weighted by molar-refractivity contribution is 6.32. The predicted octanol–water partition coefficient (Wildman–Crippen LogP) is 3.34. The highest BCUT2D eigenvalue weighted by atomic mass is 35.5. The van der Waals surface area contributed by atoms with Crippen LogP contribution in [0.25, 0.3) is 0 Å². The van der Waals surface area contributed by atoms with Crippen molar-refractivity contribution in [2.45, 2.75) is 13.0 Å². The molecule has 0 saturated carbocycles. The van der Waals surface area contributed by atoms with E-state index in [1.807, 2.05) is 19.1 Å². The zero-order chi connectivity index (χ0) is 13.8. The summed E-state index contributed by atoms with van der Waals surface area (Å²) in [4.78, 5) is 0. The topological polar surface area (TPSA) is 55.5 Å². The van der Waals surface area contributed by atoms with Crippen molar-refractivity contribution in [1.82, 2.24) is 0 Å². The van der Waals surface area contributed by atoms with Crippen LogP contribution < -0.4 is 10.5 Å². The van der Waals surface area contributed by atoms with Crippen LogP contribution in [0.3, 0.4) is 0 Å². The first-order valence-corrected chi connectivity index (χ1v) is 6.36. The summed E-state index contributed by atoms with van der Waals surface area (Å²) in [5.74, 6) is 0.571. The van der Waals surface area contributed by atoms with Crippen molar-refractivity contribution in [1.29, 1.82) is 0 Å². The number of rotatable bonds is 4. The van der Waals surface area contributed by atoms with Gasteiger partial charge in [-0.1, -0.05) is 29.8 Å². The summed E-state index contributed by atoms with van der Waals surface area (Å²) in [5.41, 5.74) is 8.09. The predicted molar refractivity (Wildman–Crippen MR) is 77.5 cm³/mol. The number of nitrogen functional groups attached to an aromatic ring is 1. The molecule has 0 aromatic heterocycles. The lowest BCUT2D eigenvalue weighted by Crippen LogP contribution is -2.10. The minimum Gasteiger partial charge on any atom is -0.489 e. The molecule has 1 atom stereocenters. The van der Waals surface area contributed by atoms with Crippen molar-refractivity contribution in [2.24, 2.45) is 0 Å². The third kappa shape index (κ3) is 3.63. The van der Waals surface area contributed by atoms with Gasteiger partial charge in [0.25, 0.3) is 0 Å². The second kappa shape index (κ2) is 5.95. The molecule has 0 aliphatic heterocycles. The monoisotopic (exact) mass is 277 g/mol. The second-order valence-corrected chi connectivity index (χ2v) is 4.83. The SMILES string of the molecule is Cc1ccc(OCC(O)c2ccc(N)cc2)c(Cl)c1. The zero-order valence-corrected chi connectivity index (χ0v) is 11.4. The number of aliphatic hydroxyl groups is 1. The number of ether oxygens (including phenoxy) is 1. The van der Waals surface area contributed by atoms with Crippen LogP contribution in [0.1, 0.15) is 17.2 Å². The highest BCUT2D eigenvalue weighted by Gasteiger charge is 2.09. The quantitative estimate of drug-likeness (QED) is 0.843. The number of hydrogen-bond donors (Lipinski definition) is 2. The molecular formula is C15H16ClNO2. The molecular weight excluding hydrogens is 262 g/mol. The molecule has 0 fully saturated rings. The Kier molecular flexibility index (Phi) is 4.30. The van der Waals surface area contributed by atoms with Crippen molar-refractivity contribution >= 4 is 17.3 Å². The molecule has 0 spiro atoms. The van der Waals surface area contributed by atoms with Gasteiger partial charge < -0.3 is 15.6 Å². The summed E-state index contributed by atoms with van der Waals surface area (Å²) < 4.78 is 5.53. The molecule has 0 saturated heterocycles. The van der Waals surface area contributed by atoms with Crippen LogP contribution in [-0.2, 0) is 0 Å². The molecule has 2 rings (SSSR count). The maximum atomic E-state index is 10.0. The molecule has 0 aliphatic carbocycles. The molecule has 2 aromatic rings. The Labute approximate surface area is 117 Å². The molecule has 0 bridgehead atoms. The number of anilines is 1. The first-order valence-electron chi connectivity index (χ1n) is 5.98. The molecule has 0 amide bonds. The molecule has 3 N–H and O–H groups in total. The lowest BCUT2D eigenvalue weighted by atomic mass is 10.1. The van der Waals surface area contributed by atoms with Crippen molar-refractivity contribution in [3.8, 4) is 5.75 Å². The third-order valence-corrected chi connectivity index (χ3v) is 3.10. The number of hydrogen-bond acceptors (Lipinski definition) is 3. The van der Waals surface area contributed by atoms with Gasteiger partial charge in [0.15, 0.2) is 0 Å². The van der Waals surface area contributed by atoms with Gasteiger partial charge in [-0.05, 0) is 42.3 Å². The number of aryl methyl sites for hydroxylation is 1. The Morgan fingerprint density at radius 3 is 2.53 bits per heavy atom. The Morgan fingerprint density at radius 1 is 1.21 bits per heavy atom. The molecule has 100 valence electrons. The van der Waals surface area contributed by atoms with Crippen LogP contribution in [0.15, 0.2) is 42.5 Å². The van der Waals surface area contributed by atoms with Gasteiger partial charge in [0.1, 0.15) is 18.5 Å². The maximum absolute atomic E-state index is 10.0. The first-order chi connectivity index (χ1) is 9.06. The largest absolute Gasteiger partial charge is 0.489 e. The van der Waals surface area contributed by atoms with Gasteiger partial charge in [-0.15, -0.1) is 0 Å². The van der Waals surface area contributed by atoms with E-state index in [-0.39, 0.29) is 6.61 Å². The van der Waals surface area contributed by atoms with Crippen LogP contribution in [0.2, 0.25) is 5.02 Å². The van der Waals surface area contributed by atoms with E-state index < -0.39 is 6.10 Å². The summed E-state index contributed by atoms with van der Waals surface area (Å²) in [6.45, 7) is 2.10. The van der Waals surface area contributed by atoms with Crippen LogP contribution in [0.4, 0.5) is 5.69 Å². The van der Waals surface area contributed by atoms with E-state index in [1.54, 1.807) is 30.3 Å². The molecule has 0 aliphatic rings. The molecule has 2 aromatic carbocycles. The van der Waals surface area contributed by atoms with Gasteiger partial charge in [0, 0.05) is 5.69 Å². The van der Waals surface area contributed by atoms with E-state index in [2.05, 4.69) is 0 Å². The summed E-state index contributed by atoms with van der Waals surface area (Å²) >= 11 is 6.06. The van der Waals surface area contributed by atoms with Gasteiger partial charge in [-0.3, -0.25) is 0 Å². The molecule has 19 heavy (non-hydrogen) atoms. The Balaban J connectivity index is 2.00. The van der Waals surface area contributed by atoms with E-state index in [9.17, 15) is 5.11 Å². The second-order valence-electron chi connectivity index (χ2n) is 4.43. The van der Waals surface area contributed by atoms with Crippen LogP contribution in [0, 0.1) is 6.92 Å². The molecule has 3 nitrogen and oxygen atoms in total. The van der Waals surface area contributed by atoms with Gasteiger partial charge >= 0.3 is 0 Å². The Bertz CT molecular complexity index is 555. The summed E-state index contributed by atoms with van der Waals surface area (Å²) in [6, 6.07) is 12.6. The lowest BCUT2D eigenvalue weighted by molar-refractivity contribution is 0.108. The number of nitrogens with two attached hydrogens (primary N) is 1. The van der Waals surface area contributed by atoms with Crippen molar-refractivity contribution < 1.29 is 9.84 Å². The van der Waals surface area contributed by atoms with Gasteiger partial charge in [-0.25, -0.2) is 0 Å². The number of halogens is 1. The van der Waals surface area contributed by atoms with Crippen molar-refractivity contribution in [3.05, 3.63) is 58.6 Å². The fourth-order valence-corrected chi connectivity index (χ4v) is 2.00. The molecule has 0 heterocycles. The Morgan fingerprint density at radius 2 is 1.89 bits per heavy atom. The van der Waals surface area contributed by atoms with Gasteiger partial charge in [-0.2, -0.15) is 0 Å². The molecule has 1 unspecified atom stereocenters. The summed E-state index contributed by atoms with van der Waals surface area (Å²) in [7, 11) is 0. The van der Waals surface area contributed by atoms with E-state index in [4.69, 9.17) is 22.1 Å². The van der Waals surface area contributed by atoms with Crippen molar-refractivity contribution in [3.63, 3.8) is 0 Å². The summed E-state index contributed by atoms with van der Waals surface area (Å²) in [6.07, 6.45) is -0.710. The first kappa shape index (κ1) is 13.7. The molecule has 4 heteroatoms. The van der Waals surface area contributed by atoms with E-state index in [0.29, 0.717) is 16.5 Å². The van der Waals surface area contributed by atoms with E-state index >= 15 is 0 Å². The Hall–Kier alpha value is -1.71. The van der Waals surface area contributed by atoms with E-state index in [1.165, 1.54) is 0 Å². The minimum absolute atomic E-state index is 0.146.